The molecule has 0 bridgehead atoms. The third kappa shape index (κ3) is 11.4. The monoisotopic (exact) mass is 234 g/mol. The molecule has 0 aromatic rings. The van der Waals surface area contributed by atoms with Crippen molar-refractivity contribution in [3.8, 4) is 0 Å². The molecular formula is C11H22O3S. The van der Waals surface area contributed by atoms with Gasteiger partial charge in [0.1, 0.15) is 6.26 Å². The fourth-order valence-electron chi connectivity index (χ4n) is 1.21. The second-order valence-corrected chi connectivity index (χ2v) is 6.03. The first-order chi connectivity index (χ1) is 6.81. The Morgan fingerprint density at radius 2 is 1.80 bits per heavy atom. The normalized spacial score (nSPS) is 14.7. The first-order valence-corrected chi connectivity index (χ1v) is 7.18. The van der Waals surface area contributed by atoms with Crippen LogP contribution in [0.15, 0.2) is 12.3 Å². The maximum Gasteiger partial charge on any atom is 0.305 e. The summed E-state index contributed by atoms with van der Waals surface area (Å²) in [6.45, 7) is 6.46. The molecule has 4 heteroatoms. The third-order valence-electron chi connectivity index (χ3n) is 2.08. The van der Waals surface area contributed by atoms with Crippen LogP contribution < -0.4 is 0 Å². The van der Waals surface area contributed by atoms with E-state index in [1.165, 1.54) is 19.1 Å². The molecule has 0 unspecified atom stereocenters. The smallest absolute Gasteiger partial charge is 0.305 e. The molecular weight excluding hydrogens is 212 g/mol. The molecule has 0 heterocycles. The molecule has 0 saturated heterocycles. The Hall–Kier alpha value is -0.510. The molecule has 0 aliphatic carbocycles. The lowest BCUT2D eigenvalue weighted by atomic mass is 10.00. The summed E-state index contributed by atoms with van der Waals surface area (Å²) in [5.41, 5.74) is 0. The lowest BCUT2D eigenvalue weighted by Gasteiger charge is -2.07. The predicted octanol–water partition coefficient (Wildman–Crippen LogP) is 2.94. The molecule has 0 rings (SSSR count). The average molecular weight is 234 g/mol. The van der Waals surface area contributed by atoms with Crippen molar-refractivity contribution < 1.29 is 12.6 Å². The molecule has 0 radical (unpaired) electrons. The van der Waals surface area contributed by atoms with E-state index in [1.54, 1.807) is 6.08 Å². The summed E-state index contributed by atoms with van der Waals surface area (Å²) >= 11 is 0. The van der Waals surface area contributed by atoms with Crippen LogP contribution in [-0.2, 0) is 14.3 Å². The molecule has 0 aromatic heterocycles. The van der Waals surface area contributed by atoms with Crippen LogP contribution in [0.3, 0.4) is 0 Å². The van der Waals surface area contributed by atoms with Crippen LogP contribution in [-0.4, -0.2) is 14.7 Å². The zero-order chi connectivity index (χ0) is 11.9. The quantitative estimate of drug-likeness (QED) is 0.502. The molecule has 3 nitrogen and oxygen atoms in total. The van der Waals surface area contributed by atoms with E-state index in [0.717, 1.165) is 18.6 Å². The van der Waals surface area contributed by atoms with E-state index in [2.05, 4.69) is 25.0 Å². The Morgan fingerprint density at radius 1 is 1.20 bits per heavy atom. The van der Waals surface area contributed by atoms with Crippen molar-refractivity contribution >= 4 is 10.1 Å². The Bertz CT molecular complexity index is 278. The number of hydrogen-bond donors (Lipinski definition) is 0. The highest BCUT2D eigenvalue weighted by atomic mass is 32.2. The summed E-state index contributed by atoms with van der Waals surface area (Å²) in [5, 5.41) is 0. The van der Waals surface area contributed by atoms with E-state index in [9.17, 15) is 8.42 Å². The molecule has 0 aliphatic heterocycles. The summed E-state index contributed by atoms with van der Waals surface area (Å²) in [6, 6.07) is 0. The number of rotatable bonds is 7. The zero-order valence-corrected chi connectivity index (χ0v) is 10.9. The molecule has 0 spiro atoms. The first kappa shape index (κ1) is 14.5. The van der Waals surface area contributed by atoms with Crippen LogP contribution in [0, 0.1) is 11.8 Å². The van der Waals surface area contributed by atoms with E-state index in [-0.39, 0.29) is 0 Å². The Morgan fingerprint density at radius 3 is 2.27 bits per heavy atom. The van der Waals surface area contributed by atoms with Crippen LogP contribution in [0.1, 0.15) is 40.0 Å². The van der Waals surface area contributed by atoms with E-state index in [1.807, 2.05) is 0 Å². The van der Waals surface area contributed by atoms with Gasteiger partial charge in [-0.2, -0.15) is 8.42 Å². The van der Waals surface area contributed by atoms with Gasteiger partial charge in [-0.05, 0) is 24.3 Å². The van der Waals surface area contributed by atoms with Crippen LogP contribution in [0.25, 0.3) is 0 Å². The van der Waals surface area contributed by atoms with Gasteiger partial charge < -0.3 is 4.18 Å². The average Bonchev–Trinajstić information content (AvgIpc) is 2.00. The molecule has 15 heavy (non-hydrogen) atoms. The molecule has 0 saturated carbocycles. The van der Waals surface area contributed by atoms with E-state index in [0.29, 0.717) is 5.92 Å². The van der Waals surface area contributed by atoms with Gasteiger partial charge in [-0.1, -0.05) is 33.6 Å². The Kier molecular flexibility index (Phi) is 6.65. The predicted molar refractivity (Wildman–Crippen MR) is 62.9 cm³/mol. The van der Waals surface area contributed by atoms with Crippen molar-refractivity contribution in [2.24, 2.45) is 11.8 Å². The second kappa shape index (κ2) is 6.88. The minimum atomic E-state index is -3.34. The minimum absolute atomic E-state index is 0.366. The van der Waals surface area contributed by atoms with Gasteiger partial charge in [-0.3, -0.25) is 0 Å². The highest BCUT2D eigenvalue weighted by Crippen LogP contribution is 2.13. The maximum absolute atomic E-state index is 10.6. The largest absolute Gasteiger partial charge is 0.391 e. The summed E-state index contributed by atoms with van der Waals surface area (Å²) in [6.07, 6.45) is 7.56. The van der Waals surface area contributed by atoms with Gasteiger partial charge in [-0.25, -0.2) is 0 Å². The Balaban J connectivity index is 3.69. The SMILES string of the molecule is CC(C)CCC[C@H](C)C=COS(C)(=O)=O. The lowest BCUT2D eigenvalue weighted by molar-refractivity contribution is 0.441. The van der Waals surface area contributed by atoms with Crippen LogP contribution in [0.5, 0.6) is 0 Å². The van der Waals surface area contributed by atoms with Crippen molar-refractivity contribution in [2.45, 2.75) is 40.0 Å². The summed E-state index contributed by atoms with van der Waals surface area (Å²) in [5.74, 6) is 1.10. The molecule has 90 valence electrons. The second-order valence-electron chi connectivity index (χ2n) is 4.43. The summed E-state index contributed by atoms with van der Waals surface area (Å²) < 4.78 is 25.8. The van der Waals surface area contributed by atoms with E-state index >= 15 is 0 Å². The standard InChI is InChI=1S/C11H22O3S/c1-10(2)6-5-7-11(3)8-9-14-15(4,12)13/h8-11H,5-7H2,1-4H3/t11-/m0/s1. The van der Waals surface area contributed by atoms with Gasteiger partial charge in [0, 0.05) is 0 Å². The van der Waals surface area contributed by atoms with Gasteiger partial charge in [0.2, 0.25) is 0 Å². The fourth-order valence-corrected chi connectivity index (χ4v) is 1.48. The van der Waals surface area contributed by atoms with E-state index < -0.39 is 10.1 Å². The number of allylic oxidation sites excluding steroid dienone is 1. The molecule has 0 aromatic carbocycles. The van der Waals surface area contributed by atoms with Gasteiger partial charge >= 0.3 is 10.1 Å². The maximum atomic E-state index is 10.6. The molecule has 0 amide bonds. The van der Waals surface area contributed by atoms with Gasteiger partial charge in [0.15, 0.2) is 0 Å². The summed E-state index contributed by atoms with van der Waals surface area (Å²) in [4.78, 5) is 0. The zero-order valence-electron chi connectivity index (χ0n) is 10.1. The molecule has 0 aliphatic rings. The number of hydrogen-bond acceptors (Lipinski definition) is 3. The van der Waals surface area contributed by atoms with Crippen molar-refractivity contribution in [3.05, 3.63) is 12.3 Å². The first-order valence-electron chi connectivity index (χ1n) is 5.36. The summed E-state index contributed by atoms with van der Waals surface area (Å²) in [7, 11) is -3.34. The third-order valence-corrected chi connectivity index (χ3v) is 2.54. The highest BCUT2D eigenvalue weighted by molar-refractivity contribution is 7.86. The van der Waals surface area contributed by atoms with Crippen LogP contribution in [0.4, 0.5) is 0 Å². The van der Waals surface area contributed by atoms with Gasteiger partial charge in [0.25, 0.3) is 0 Å². The van der Waals surface area contributed by atoms with Gasteiger partial charge in [0.05, 0.1) is 6.26 Å². The fraction of sp³-hybridized carbons (Fsp3) is 0.818. The molecule has 0 N–H and O–H groups in total. The van der Waals surface area contributed by atoms with Crippen molar-refractivity contribution in [3.63, 3.8) is 0 Å². The topological polar surface area (TPSA) is 43.4 Å². The molecule has 1 atom stereocenters. The van der Waals surface area contributed by atoms with Crippen LogP contribution >= 0.6 is 0 Å². The van der Waals surface area contributed by atoms with Gasteiger partial charge in [-0.15, -0.1) is 0 Å². The van der Waals surface area contributed by atoms with Crippen LogP contribution in [0.2, 0.25) is 0 Å². The lowest BCUT2D eigenvalue weighted by Crippen LogP contribution is -1.98. The van der Waals surface area contributed by atoms with Crippen molar-refractivity contribution in [1.29, 1.82) is 0 Å². The van der Waals surface area contributed by atoms with Crippen molar-refractivity contribution in [1.82, 2.24) is 0 Å². The minimum Gasteiger partial charge on any atom is -0.391 e. The van der Waals surface area contributed by atoms with E-state index in [4.69, 9.17) is 0 Å². The Labute approximate surface area is 93.6 Å². The van der Waals surface area contributed by atoms with Crippen molar-refractivity contribution in [2.75, 3.05) is 6.26 Å². The highest BCUT2D eigenvalue weighted by Gasteiger charge is 2.01. The molecule has 0 fully saturated rings.